The summed E-state index contributed by atoms with van der Waals surface area (Å²) < 4.78 is 11.7. The number of carboxylic acid groups (broad SMARTS) is 1. The minimum absolute atomic E-state index is 0.0172. The van der Waals surface area contributed by atoms with Gasteiger partial charge in [0.2, 0.25) is 0 Å². The van der Waals surface area contributed by atoms with Gasteiger partial charge in [0.1, 0.15) is 23.1 Å². The minimum Gasteiger partial charge on any atom is -0.508 e. The molecule has 2 aromatic heterocycles. The van der Waals surface area contributed by atoms with Crippen molar-refractivity contribution in [2.75, 3.05) is 0 Å². The Morgan fingerprint density at radius 3 is 2.68 bits per heavy atom. The molecule has 0 bridgehead atoms. The van der Waals surface area contributed by atoms with Crippen molar-refractivity contribution in [3.05, 3.63) is 69.2 Å². The molecule has 0 saturated heterocycles. The molecule has 1 aliphatic rings. The number of carbonyl (C=O) groups is 2. The largest absolute Gasteiger partial charge is 0.508 e. The number of hydrogen-bond acceptors (Lipinski definition) is 6. The monoisotopic (exact) mass is 504 g/mol. The fraction of sp³-hybridized carbons (Fsp3) is 0.321. The van der Waals surface area contributed by atoms with Crippen LogP contribution in [0.1, 0.15) is 42.0 Å². The van der Waals surface area contributed by atoms with Crippen LogP contribution in [0.2, 0.25) is 0 Å². The molecule has 0 radical (unpaired) electrons. The van der Waals surface area contributed by atoms with Gasteiger partial charge in [-0.05, 0) is 86.6 Å². The van der Waals surface area contributed by atoms with Crippen molar-refractivity contribution >= 4 is 33.7 Å². The third-order valence-corrected chi connectivity index (χ3v) is 6.89. The molecule has 192 valence electrons. The van der Waals surface area contributed by atoms with E-state index in [1.54, 1.807) is 37.4 Å². The number of benzene rings is 2. The van der Waals surface area contributed by atoms with Gasteiger partial charge < -0.3 is 29.7 Å². The molecule has 9 heteroatoms. The van der Waals surface area contributed by atoms with Crippen LogP contribution >= 0.6 is 0 Å². The van der Waals surface area contributed by atoms with E-state index in [1.165, 1.54) is 6.07 Å². The molecule has 0 fully saturated rings. The van der Waals surface area contributed by atoms with Crippen LogP contribution < -0.4 is 15.7 Å². The predicted molar refractivity (Wildman–Crippen MR) is 137 cm³/mol. The fourth-order valence-electron chi connectivity index (χ4n) is 5.05. The first kappa shape index (κ1) is 24.4. The molecule has 0 saturated carbocycles. The smallest absolute Gasteiger partial charge is 0.339 e. The fourth-order valence-corrected chi connectivity index (χ4v) is 5.05. The average Bonchev–Trinajstić information content (AvgIpc) is 3.24. The number of amides is 1. The van der Waals surface area contributed by atoms with Crippen molar-refractivity contribution in [3.8, 4) is 11.5 Å². The Morgan fingerprint density at radius 2 is 1.92 bits per heavy atom. The SMILES string of the molecule is Cc1cc(OC(C)C(=O)NC(Cc2c[nH]c3ccc(O)cc23)C(=O)O)c2c3c(c(=O)oc2c1)CCCC3. The van der Waals surface area contributed by atoms with E-state index in [0.29, 0.717) is 39.7 Å². The zero-order valence-corrected chi connectivity index (χ0v) is 20.6. The third kappa shape index (κ3) is 4.76. The molecule has 0 spiro atoms. The molecule has 1 aliphatic carbocycles. The van der Waals surface area contributed by atoms with Gasteiger partial charge in [0.15, 0.2) is 6.10 Å². The van der Waals surface area contributed by atoms with E-state index in [-0.39, 0.29) is 17.8 Å². The van der Waals surface area contributed by atoms with Crippen molar-refractivity contribution in [1.29, 1.82) is 0 Å². The Labute approximate surface area is 212 Å². The number of fused-ring (bicyclic) bond motifs is 4. The number of aromatic hydroxyl groups is 1. The number of nitrogens with one attached hydrogen (secondary N) is 2. The van der Waals surface area contributed by atoms with E-state index < -0.39 is 24.0 Å². The molecule has 2 aromatic carbocycles. The van der Waals surface area contributed by atoms with E-state index in [0.717, 1.165) is 35.9 Å². The van der Waals surface area contributed by atoms with Crippen molar-refractivity contribution in [1.82, 2.24) is 10.3 Å². The summed E-state index contributed by atoms with van der Waals surface area (Å²) >= 11 is 0. The van der Waals surface area contributed by atoms with Gasteiger partial charge in [-0.1, -0.05) is 0 Å². The van der Waals surface area contributed by atoms with E-state index in [2.05, 4.69) is 10.3 Å². The number of carboxylic acids is 1. The molecule has 2 heterocycles. The number of aryl methyl sites for hydroxylation is 2. The quantitative estimate of drug-likeness (QED) is 0.281. The van der Waals surface area contributed by atoms with Crippen molar-refractivity contribution < 1.29 is 29.0 Å². The number of aliphatic carboxylic acids is 1. The second kappa shape index (κ2) is 9.65. The number of H-pyrrole nitrogens is 1. The molecule has 2 atom stereocenters. The molecule has 0 aliphatic heterocycles. The van der Waals surface area contributed by atoms with Gasteiger partial charge in [-0.2, -0.15) is 0 Å². The highest BCUT2D eigenvalue weighted by Gasteiger charge is 2.27. The van der Waals surface area contributed by atoms with E-state index >= 15 is 0 Å². The second-order valence-corrected chi connectivity index (χ2v) is 9.60. The zero-order valence-electron chi connectivity index (χ0n) is 20.6. The molecular weight excluding hydrogens is 476 g/mol. The Morgan fingerprint density at radius 1 is 1.16 bits per heavy atom. The van der Waals surface area contributed by atoms with Crippen molar-refractivity contribution in [2.45, 2.75) is 58.1 Å². The van der Waals surface area contributed by atoms with Crippen LogP contribution in [0.4, 0.5) is 0 Å². The topological polar surface area (TPSA) is 142 Å². The lowest BCUT2D eigenvalue weighted by atomic mass is 9.90. The maximum absolute atomic E-state index is 13.1. The minimum atomic E-state index is -1.21. The van der Waals surface area contributed by atoms with Gasteiger partial charge in [0.25, 0.3) is 5.91 Å². The van der Waals surface area contributed by atoms with Gasteiger partial charge in [-0.25, -0.2) is 9.59 Å². The normalized spacial score (nSPS) is 14.8. The number of rotatable bonds is 7. The van der Waals surface area contributed by atoms with Crippen molar-refractivity contribution in [3.63, 3.8) is 0 Å². The summed E-state index contributed by atoms with van der Waals surface area (Å²) in [5.41, 5.74) is 3.84. The Kier molecular flexibility index (Phi) is 6.37. The van der Waals surface area contributed by atoms with Gasteiger partial charge >= 0.3 is 11.6 Å². The summed E-state index contributed by atoms with van der Waals surface area (Å²) in [5, 5.41) is 23.6. The number of carbonyl (C=O) groups excluding carboxylic acids is 1. The molecule has 9 nitrogen and oxygen atoms in total. The lowest BCUT2D eigenvalue weighted by Gasteiger charge is -2.22. The maximum atomic E-state index is 13.1. The van der Waals surface area contributed by atoms with Crippen molar-refractivity contribution in [2.24, 2.45) is 0 Å². The van der Waals surface area contributed by atoms with Crippen LogP contribution in [0.25, 0.3) is 21.9 Å². The van der Waals surface area contributed by atoms with Gasteiger partial charge in [-0.15, -0.1) is 0 Å². The van der Waals surface area contributed by atoms with Crippen LogP contribution in [0.3, 0.4) is 0 Å². The Balaban J connectivity index is 1.39. The first-order chi connectivity index (χ1) is 17.7. The van der Waals surface area contributed by atoms with Gasteiger partial charge in [0, 0.05) is 29.1 Å². The number of ether oxygens (including phenoxy) is 1. The summed E-state index contributed by atoms with van der Waals surface area (Å²) in [4.78, 5) is 40.6. The van der Waals surface area contributed by atoms with Crippen LogP contribution in [0.15, 0.2) is 45.7 Å². The van der Waals surface area contributed by atoms with E-state index in [1.807, 2.05) is 6.92 Å². The average molecular weight is 505 g/mol. The highest BCUT2D eigenvalue weighted by atomic mass is 16.5. The van der Waals surface area contributed by atoms with E-state index in [4.69, 9.17) is 9.15 Å². The third-order valence-electron chi connectivity index (χ3n) is 6.89. The molecule has 5 rings (SSSR count). The van der Waals surface area contributed by atoms with Gasteiger partial charge in [-0.3, -0.25) is 4.79 Å². The summed E-state index contributed by atoms with van der Waals surface area (Å²) in [5.74, 6) is -1.28. The first-order valence-electron chi connectivity index (χ1n) is 12.3. The standard InChI is InChI=1S/C28H28N2O7/c1-14-9-23(25-18-5-3-4-6-19(18)28(35)37-24(25)10-14)36-15(2)26(32)30-22(27(33)34)11-16-13-29-21-8-7-17(31)12-20(16)21/h7-10,12-13,15,22,29,31H,3-6,11H2,1-2H3,(H,30,32)(H,33,34). The first-order valence-corrected chi connectivity index (χ1v) is 12.3. The summed E-state index contributed by atoms with van der Waals surface area (Å²) in [6, 6.07) is 7.16. The van der Waals surface area contributed by atoms with Crippen LogP contribution in [0, 0.1) is 6.92 Å². The highest BCUT2D eigenvalue weighted by molar-refractivity contribution is 5.91. The molecule has 2 unspecified atom stereocenters. The van der Waals surface area contributed by atoms with Gasteiger partial charge in [0.05, 0.1) is 5.39 Å². The summed E-state index contributed by atoms with van der Waals surface area (Å²) in [6.07, 6.45) is 3.90. The summed E-state index contributed by atoms with van der Waals surface area (Å²) in [6.45, 7) is 3.40. The van der Waals surface area contributed by atoms with Crippen LogP contribution in [-0.2, 0) is 28.9 Å². The number of hydrogen-bond donors (Lipinski definition) is 4. The Bertz CT molecular complexity index is 1580. The van der Waals surface area contributed by atoms with Crippen LogP contribution in [-0.4, -0.2) is 39.2 Å². The maximum Gasteiger partial charge on any atom is 0.339 e. The number of aromatic nitrogens is 1. The zero-order chi connectivity index (χ0) is 26.3. The number of aromatic amines is 1. The molecule has 4 aromatic rings. The van der Waals surface area contributed by atoms with E-state index in [9.17, 15) is 24.6 Å². The Hall–Kier alpha value is -4.27. The molecular formula is C28H28N2O7. The second-order valence-electron chi connectivity index (χ2n) is 9.60. The molecule has 4 N–H and O–H groups in total. The molecule has 1 amide bonds. The van der Waals surface area contributed by atoms with Crippen LogP contribution in [0.5, 0.6) is 11.5 Å². The molecule has 37 heavy (non-hydrogen) atoms. The lowest BCUT2D eigenvalue weighted by molar-refractivity contribution is -0.142. The lowest BCUT2D eigenvalue weighted by Crippen LogP contribution is -2.47. The highest BCUT2D eigenvalue weighted by Crippen LogP contribution is 2.35. The number of phenolic OH excluding ortho intramolecular Hbond substituents is 1. The summed E-state index contributed by atoms with van der Waals surface area (Å²) in [7, 11) is 0. The number of phenols is 1. The predicted octanol–water partition coefficient (Wildman–Crippen LogP) is 3.75.